The number of rotatable bonds is 2. The summed E-state index contributed by atoms with van der Waals surface area (Å²) < 4.78 is 0. The average molecular weight is 360 g/mol. The van der Waals surface area contributed by atoms with Gasteiger partial charge in [0.15, 0.2) is 0 Å². The zero-order chi connectivity index (χ0) is 18.4. The van der Waals surface area contributed by atoms with Crippen molar-refractivity contribution in [3.05, 3.63) is 53.3 Å². The van der Waals surface area contributed by atoms with Crippen LogP contribution in [0.4, 0.5) is 0 Å². The summed E-state index contributed by atoms with van der Waals surface area (Å²) in [7, 11) is 0. The predicted molar refractivity (Wildman–Crippen MR) is 103 cm³/mol. The Hall–Kier alpha value is -3.22. The summed E-state index contributed by atoms with van der Waals surface area (Å²) in [4.78, 5) is 23.0. The molecular formula is C20H20N6O. The molecule has 0 aliphatic carbocycles. The minimum absolute atomic E-state index is 0.0544. The third-order valence-electron chi connectivity index (χ3n) is 5.46. The quantitative estimate of drug-likeness (QED) is 0.574. The summed E-state index contributed by atoms with van der Waals surface area (Å²) in [6, 6.07) is 11.6. The van der Waals surface area contributed by atoms with E-state index < -0.39 is 0 Å². The molecule has 2 aromatic heterocycles. The van der Waals surface area contributed by atoms with Crippen LogP contribution in [0.5, 0.6) is 0 Å². The number of hydrogen-bond acceptors (Lipinski definition) is 4. The smallest absolute Gasteiger partial charge is 0.253 e. The van der Waals surface area contributed by atoms with Gasteiger partial charge in [0.25, 0.3) is 5.91 Å². The summed E-state index contributed by atoms with van der Waals surface area (Å²) in [6.07, 6.45) is 1.83. The number of amides is 1. The van der Waals surface area contributed by atoms with Crippen molar-refractivity contribution >= 4 is 28.0 Å². The lowest BCUT2D eigenvalue weighted by atomic mass is 9.95. The van der Waals surface area contributed by atoms with Crippen LogP contribution in [0, 0.1) is 6.92 Å². The van der Waals surface area contributed by atoms with Crippen molar-refractivity contribution < 1.29 is 4.79 Å². The molecule has 1 aliphatic rings. The fraction of sp³-hybridized carbons (Fsp3) is 0.300. The lowest BCUT2D eigenvalue weighted by Crippen LogP contribution is -2.38. The van der Waals surface area contributed by atoms with E-state index in [2.05, 4.69) is 39.5 Å². The van der Waals surface area contributed by atoms with Gasteiger partial charge in [0.05, 0.1) is 11.0 Å². The van der Waals surface area contributed by atoms with Gasteiger partial charge < -0.3 is 9.88 Å². The maximum Gasteiger partial charge on any atom is 0.253 e. The number of piperidine rings is 1. The number of nitrogens with one attached hydrogen (secondary N) is 2. The van der Waals surface area contributed by atoms with E-state index in [4.69, 9.17) is 4.98 Å². The maximum atomic E-state index is 12.8. The standard InChI is InChI=1S/C20H20N6O/c1-12-3-2-4-16-18(12)22-19(21-16)13-7-9-26(10-8-13)20(27)14-5-6-15-17(11-14)24-25-23-15/h2-6,11,13H,7-10H2,1H3,(H,21,22)(H,23,24,25). The number of likely N-dealkylation sites (tertiary alicyclic amines) is 1. The molecule has 0 spiro atoms. The highest BCUT2D eigenvalue weighted by Crippen LogP contribution is 2.29. The lowest BCUT2D eigenvalue weighted by molar-refractivity contribution is 0.0711. The van der Waals surface area contributed by atoms with Crippen LogP contribution >= 0.6 is 0 Å². The number of benzene rings is 2. The second kappa shape index (κ2) is 6.19. The van der Waals surface area contributed by atoms with E-state index in [0.717, 1.165) is 48.3 Å². The first-order valence-corrected chi connectivity index (χ1v) is 9.24. The van der Waals surface area contributed by atoms with Crippen molar-refractivity contribution in [2.45, 2.75) is 25.7 Å². The van der Waals surface area contributed by atoms with Crippen molar-refractivity contribution in [3.8, 4) is 0 Å². The van der Waals surface area contributed by atoms with E-state index in [0.29, 0.717) is 17.0 Å². The molecule has 2 aromatic carbocycles. The SMILES string of the molecule is Cc1cccc2[nH]c(C3CCN(C(=O)c4ccc5n[nH]nc5c4)CC3)nc12. The minimum Gasteiger partial charge on any atom is -0.342 e. The molecule has 5 rings (SSSR count). The average Bonchev–Trinajstić information content (AvgIpc) is 3.34. The number of aryl methyl sites for hydroxylation is 1. The summed E-state index contributed by atoms with van der Waals surface area (Å²) in [6.45, 7) is 3.55. The largest absolute Gasteiger partial charge is 0.342 e. The number of carbonyl (C=O) groups is 1. The molecule has 1 amide bonds. The Kier molecular flexibility index (Phi) is 3.67. The number of fused-ring (bicyclic) bond motifs is 2. The third-order valence-corrected chi connectivity index (χ3v) is 5.46. The van der Waals surface area contributed by atoms with Crippen LogP contribution in [-0.4, -0.2) is 49.3 Å². The highest BCUT2D eigenvalue weighted by molar-refractivity contribution is 5.97. The summed E-state index contributed by atoms with van der Waals surface area (Å²) in [5, 5.41) is 10.7. The maximum absolute atomic E-state index is 12.8. The van der Waals surface area contributed by atoms with Crippen molar-refractivity contribution in [1.82, 2.24) is 30.3 Å². The molecule has 0 saturated carbocycles. The monoisotopic (exact) mass is 360 g/mol. The molecule has 0 bridgehead atoms. The van der Waals surface area contributed by atoms with Gasteiger partial charge in [-0.1, -0.05) is 12.1 Å². The summed E-state index contributed by atoms with van der Waals surface area (Å²) in [5.41, 5.74) is 5.47. The van der Waals surface area contributed by atoms with Gasteiger partial charge in [0, 0.05) is 24.6 Å². The summed E-state index contributed by atoms with van der Waals surface area (Å²) >= 11 is 0. The van der Waals surface area contributed by atoms with Gasteiger partial charge in [-0.2, -0.15) is 15.4 Å². The first-order valence-electron chi connectivity index (χ1n) is 9.24. The molecule has 7 nitrogen and oxygen atoms in total. The molecule has 1 fully saturated rings. The molecule has 0 radical (unpaired) electrons. The van der Waals surface area contributed by atoms with Gasteiger partial charge in [-0.3, -0.25) is 4.79 Å². The van der Waals surface area contributed by atoms with Crippen LogP contribution < -0.4 is 0 Å². The molecule has 4 aromatic rings. The lowest BCUT2D eigenvalue weighted by Gasteiger charge is -2.31. The van der Waals surface area contributed by atoms with E-state index in [9.17, 15) is 4.79 Å². The van der Waals surface area contributed by atoms with Crippen LogP contribution in [0.1, 0.15) is 40.5 Å². The normalized spacial score (nSPS) is 15.7. The number of carbonyl (C=O) groups excluding carboxylic acids is 1. The Morgan fingerprint density at radius 1 is 1.11 bits per heavy atom. The number of aromatic amines is 2. The predicted octanol–water partition coefficient (Wildman–Crippen LogP) is 3.16. The van der Waals surface area contributed by atoms with Crippen molar-refractivity contribution in [3.63, 3.8) is 0 Å². The highest BCUT2D eigenvalue weighted by atomic mass is 16.2. The van der Waals surface area contributed by atoms with Gasteiger partial charge >= 0.3 is 0 Å². The first-order chi connectivity index (χ1) is 13.2. The Morgan fingerprint density at radius 3 is 2.74 bits per heavy atom. The Bertz CT molecular complexity index is 1140. The van der Waals surface area contributed by atoms with Crippen LogP contribution in [0.25, 0.3) is 22.1 Å². The molecule has 0 atom stereocenters. The molecule has 27 heavy (non-hydrogen) atoms. The molecule has 136 valence electrons. The van der Waals surface area contributed by atoms with Crippen molar-refractivity contribution in [2.75, 3.05) is 13.1 Å². The molecule has 3 heterocycles. The van der Waals surface area contributed by atoms with Gasteiger partial charge in [-0.15, -0.1) is 0 Å². The molecule has 7 heteroatoms. The molecular weight excluding hydrogens is 340 g/mol. The highest BCUT2D eigenvalue weighted by Gasteiger charge is 2.26. The Balaban J connectivity index is 1.31. The van der Waals surface area contributed by atoms with Gasteiger partial charge in [-0.25, -0.2) is 4.98 Å². The van der Waals surface area contributed by atoms with Crippen LogP contribution in [0.15, 0.2) is 36.4 Å². The topological polar surface area (TPSA) is 90.6 Å². The number of aromatic nitrogens is 5. The van der Waals surface area contributed by atoms with Crippen LogP contribution in [-0.2, 0) is 0 Å². The second-order valence-corrected chi connectivity index (χ2v) is 7.19. The van der Waals surface area contributed by atoms with Crippen LogP contribution in [0.3, 0.4) is 0 Å². The number of para-hydroxylation sites is 1. The summed E-state index contributed by atoms with van der Waals surface area (Å²) in [5.74, 6) is 1.45. The fourth-order valence-electron chi connectivity index (χ4n) is 3.90. The van der Waals surface area contributed by atoms with Gasteiger partial charge in [-0.05, 0) is 49.6 Å². The minimum atomic E-state index is 0.0544. The van der Waals surface area contributed by atoms with E-state index in [-0.39, 0.29) is 5.91 Å². The molecule has 2 N–H and O–H groups in total. The third kappa shape index (κ3) is 2.75. The number of imidazole rings is 1. The number of hydrogen-bond donors (Lipinski definition) is 2. The van der Waals surface area contributed by atoms with E-state index in [1.165, 1.54) is 5.56 Å². The van der Waals surface area contributed by atoms with E-state index in [1.54, 1.807) is 6.07 Å². The first kappa shape index (κ1) is 16.0. The van der Waals surface area contributed by atoms with E-state index in [1.807, 2.05) is 23.1 Å². The second-order valence-electron chi connectivity index (χ2n) is 7.19. The van der Waals surface area contributed by atoms with Crippen molar-refractivity contribution in [1.29, 1.82) is 0 Å². The Labute approximate surface area is 155 Å². The van der Waals surface area contributed by atoms with Gasteiger partial charge in [0.2, 0.25) is 0 Å². The Morgan fingerprint density at radius 2 is 1.93 bits per heavy atom. The van der Waals surface area contributed by atoms with Crippen molar-refractivity contribution in [2.24, 2.45) is 0 Å². The number of H-pyrrole nitrogens is 2. The van der Waals surface area contributed by atoms with Gasteiger partial charge in [0.1, 0.15) is 16.9 Å². The zero-order valence-electron chi connectivity index (χ0n) is 15.1. The number of nitrogens with zero attached hydrogens (tertiary/aromatic N) is 4. The molecule has 1 saturated heterocycles. The molecule has 1 aliphatic heterocycles. The molecule has 0 unspecified atom stereocenters. The van der Waals surface area contributed by atoms with Crippen LogP contribution in [0.2, 0.25) is 0 Å². The fourth-order valence-corrected chi connectivity index (χ4v) is 3.90. The van der Waals surface area contributed by atoms with E-state index >= 15 is 0 Å². The zero-order valence-corrected chi connectivity index (χ0v) is 15.1.